The van der Waals surface area contributed by atoms with Gasteiger partial charge in [-0.3, -0.25) is 4.79 Å². The molecular weight excluding hydrogens is 279 g/mol. The van der Waals surface area contributed by atoms with Crippen LogP contribution in [0.1, 0.15) is 20.7 Å². The van der Waals surface area contributed by atoms with Gasteiger partial charge in [-0.15, -0.1) is 0 Å². The molecule has 0 saturated heterocycles. The number of carbonyl (C=O) groups excluding carboxylic acids is 1. The van der Waals surface area contributed by atoms with Crippen molar-refractivity contribution in [3.63, 3.8) is 0 Å². The molecule has 108 valence electrons. The first-order chi connectivity index (χ1) is 9.90. The number of primary amides is 1. The van der Waals surface area contributed by atoms with Crippen molar-refractivity contribution >= 4 is 17.6 Å². The number of rotatable bonds is 4. The SMILES string of the molecule is NC(=O)c1ccc(Oc2c(N)cccc2C(=O)O)cc1F. The van der Waals surface area contributed by atoms with Crippen molar-refractivity contribution in [3.8, 4) is 11.5 Å². The Morgan fingerprint density at radius 2 is 1.86 bits per heavy atom. The monoisotopic (exact) mass is 290 g/mol. The van der Waals surface area contributed by atoms with E-state index in [1.54, 1.807) is 0 Å². The van der Waals surface area contributed by atoms with Crippen molar-refractivity contribution in [2.24, 2.45) is 5.73 Å². The molecule has 2 aromatic carbocycles. The molecular formula is C14H11FN2O4. The second-order valence-corrected chi connectivity index (χ2v) is 4.14. The molecule has 0 aliphatic carbocycles. The van der Waals surface area contributed by atoms with E-state index in [1.807, 2.05) is 0 Å². The lowest BCUT2D eigenvalue weighted by Crippen LogP contribution is -2.13. The molecule has 0 aliphatic heterocycles. The van der Waals surface area contributed by atoms with Gasteiger partial charge in [0.25, 0.3) is 5.91 Å². The standard InChI is InChI=1S/C14H11FN2O4/c15-10-6-7(4-5-8(10)13(17)18)21-12-9(14(19)20)2-1-3-11(12)16/h1-6H,16H2,(H2,17,18)(H,19,20). The fraction of sp³-hybridized carbons (Fsp3) is 0. The molecule has 0 aliphatic rings. The fourth-order valence-electron chi connectivity index (χ4n) is 1.71. The summed E-state index contributed by atoms with van der Waals surface area (Å²) in [5.74, 6) is -3.11. The molecule has 0 aromatic heterocycles. The number of amides is 1. The molecule has 0 unspecified atom stereocenters. The van der Waals surface area contributed by atoms with E-state index in [0.29, 0.717) is 0 Å². The maximum Gasteiger partial charge on any atom is 0.339 e. The van der Waals surface area contributed by atoms with Crippen LogP contribution in [0.2, 0.25) is 0 Å². The van der Waals surface area contributed by atoms with Crippen LogP contribution < -0.4 is 16.2 Å². The summed E-state index contributed by atoms with van der Waals surface area (Å²) < 4.78 is 19.0. The number of hydrogen-bond acceptors (Lipinski definition) is 4. The van der Waals surface area contributed by atoms with Gasteiger partial charge in [-0.2, -0.15) is 0 Å². The van der Waals surface area contributed by atoms with Crippen LogP contribution in [0, 0.1) is 5.82 Å². The van der Waals surface area contributed by atoms with Crippen molar-refractivity contribution in [2.45, 2.75) is 0 Å². The number of ether oxygens (including phenoxy) is 1. The number of halogens is 1. The molecule has 0 bridgehead atoms. The van der Waals surface area contributed by atoms with E-state index in [0.717, 1.165) is 12.1 Å². The normalized spacial score (nSPS) is 10.1. The number of carboxylic acid groups (broad SMARTS) is 1. The van der Waals surface area contributed by atoms with Crippen LogP contribution in [0.15, 0.2) is 36.4 Å². The largest absolute Gasteiger partial charge is 0.478 e. The summed E-state index contributed by atoms with van der Waals surface area (Å²) in [6, 6.07) is 7.59. The van der Waals surface area contributed by atoms with E-state index in [2.05, 4.69) is 0 Å². The van der Waals surface area contributed by atoms with Crippen molar-refractivity contribution < 1.29 is 23.8 Å². The van der Waals surface area contributed by atoms with Gasteiger partial charge in [0, 0.05) is 6.07 Å². The lowest BCUT2D eigenvalue weighted by Gasteiger charge is -2.11. The Morgan fingerprint density at radius 3 is 2.43 bits per heavy atom. The molecule has 21 heavy (non-hydrogen) atoms. The summed E-state index contributed by atoms with van der Waals surface area (Å²) >= 11 is 0. The van der Waals surface area contributed by atoms with Crippen LogP contribution in [0.5, 0.6) is 11.5 Å². The van der Waals surface area contributed by atoms with Crippen molar-refractivity contribution in [3.05, 3.63) is 53.3 Å². The second-order valence-electron chi connectivity index (χ2n) is 4.14. The maximum atomic E-state index is 13.6. The molecule has 2 aromatic rings. The summed E-state index contributed by atoms with van der Waals surface area (Å²) in [5.41, 5.74) is 10.3. The van der Waals surface area contributed by atoms with Crippen molar-refractivity contribution in [1.82, 2.24) is 0 Å². The zero-order valence-electron chi connectivity index (χ0n) is 10.7. The third-order valence-electron chi connectivity index (χ3n) is 2.70. The zero-order valence-corrected chi connectivity index (χ0v) is 10.7. The minimum atomic E-state index is -1.23. The Bertz CT molecular complexity index is 731. The molecule has 0 spiro atoms. The van der Waals surface area contributed by atoms with Crippen molar-refractivity contribution in [2.75, 3.05) is 5.73 Å². The number of hydrogen-bond donors (Lipinski definition) is 3. The minimum Gasteiger partial charge on any atom is -0.478 e. The highest BCUT2D eigenvalue weighted by Gasteiger charge is 2.16. The number of aromatic carboxylic acids is 1. The maximum absolute atomic E-state index is 13.6. The Hall–Kier alpha value is -3.09. The van der Waals surface area contributed by atoms with Crippen LogP contribution in [-0.4, -0.2) is 17.0 Å². The number of anilines is 1. The lowest BCUT2D eigenvalue weighted by atomic mass is 10.1. The molecule has 7 heteroatoms. The highest BCUT2D eigenvalue weighted by atomic mass is 19.1. The average molecular weight is 290 g/mol. The number of nitrogen functional groups attached to an aromatic ring is 1. The minimum absolute atomic E-state index is 0.00194. The Balaban J connectivity index is 2.41. The summed E-state index contributed by atoms with van der Waals surface area (Å²) in [6.45, 7) is 0. The first-order valence-electron chi connectivity index (χ1n) is 5.79. The third kappa shape index (κ3) is 2.92. The van der Waals surface area contributed by atoms with Gasteiger partial charge >= 0.3 is 5.97 Å². The fourth-order valence-corrected chi connectivity index (χ4v) is 1.71. The number of carboxylic acids is 1. The second kappa shape index (κ2) is 5.49. The van der Waals surface area contributed by atoms with Gasteiger partial charge in [0.05, 0.1) is 11.3 Å². The molecule has 0 fully saturated rings. The zero-order chi connectivity index (χ0) is 15.6. The molecule has 0 atom stereocenters. The predicted molar refractivity (Wildman–Crippen MR) is 72.8 cm³/mol. The van der Waals surface area contributed by atoms with Gasteiger partial charge in [0.2, 0.25) is 0 Å². The molecule has 6 nitrogen and oxygen atoms in total. The van der Waals surface area contributed by atoms with E-state index >= 15 is 0 Å². The molecule has 0 heterocycles. The molecule has 0 saturated carbocycles. The lowest BCUT2D eigenvalue weighted by molar-refractivity contribution is 0.0694. The van der Waals surface area contributed by atoms with Crippen LogP contribution in [0.4, 0.5) is 10.1 Å². The van der Waals surface area contributed by atoms with Gasteiger partial charge < -0.3 is 21.3 Å². The molecule has 1 amide bonds. The van der Waals surface area contributed by atoms with E-state index in [9.17, 15) is 14.0 Å². The highest BCUT2D eigenvalue weighted by molar-refractivity contribution is 5.94. The van der Waals surface area contributed by atoms with Crippen LogP contribution >= 0.6 is 0 Å². The van der Waals surface area contributed by atoms with Gasteiger partial charge in [0.15, 0.2) is 5.75 Å². The van der Waals surface area contributed by atoms with Gasteiger partial charge in [-0.1, -0.05) is 6.07 Å². The average Bonchev–Trinajstić information content (AvgIpc) is 2.40. The number of para-hydroxylation sites is 1. The van der Waals surface area contributed by atoms with Crippen LogP contribution in [0.3, 0.4) is 0 Å². The number of nitrogens with two attached hydrogens (primary N) is 2. The Morgan fingerprint density at radius 1 is 1.14 bits per heavy atom. The van der Waals surface area contributed by atoms with Gasteiger partial charge in [0.1, 0.15) is 17.1 Å². The van der Waals surface area contributed by atoms with E-state index < -0.39 is 17.7 Å². The number of benzene rings is 2. The molecule has 2 rings (SSSR count). The predicted octanol–water partition coefficient (Wildman–Crippen LogP) is 2.00. The highest BCUT2D eigenvalue weighted by Crippen LogP contribution is 2.32. The van der Waals surface area contributed by atoms with Crippen LogP contribution in [0.25, 0.3) is 0 Å². The summed E-state index contributed by atoms with van der Waals surface area (Å²) in [6.07, 6.45) is 0. The first-order valence-corrected chi connectivity index (χ1v) is 5.79. The first kappa shape index (κ1) is 14.3. The topological polar surface area (TPSA) is 116 Å². The molecule has 5 N–H and O–H groups in total. The molecule has 0 radical (unpaired) electrons. The Kier molecular flexibility index (Phi) is 3.75. The number of carbonyl (C=O) groups is 2. The van der Waals surface area contributed by atoms with Crippen LogP contribution in [-0.2, 0) is 0 Å². The van der Waals surface area contributed by atoms with E-state index in [1.165, 1.54) is 24.3 Å². The van der Waals surface area contributed by atoms with E-state index in [4.69, 9.17) is 21.3 Å². The Labute approximate surface area is 118 Å². The van der Waals surface area contributed by atoms with Crippen molar-refractivity contribution in [1.29, 1.82) is 0 Å². The van der Waals surface area contributed by atoms with Gasteiger partial charge in [-0.05, 0) is 24.3 Å². The summed E-state index contributed by atoms with van der Waals surface area (Å²) in [7, 11) is 0. The summed E-state index contributed by atoms with van der Waals surface area (Å²) in [4.78, 5) is 22.0. The van der Waals surface area contributed by atoms with Gasteiger partial charge in [-0.25, -0.2) is 9.18 Å². The summed E-state index contributed by atoms with van der Waals surface area (Å²) in [5, 5.41) is 9.07. The van der Waals surface area contributed by atoms with E-state index in [-0.39, 0.29) is 28.3 Å². The smallest absolute Gasteiger partial charge is 0.339 e. The quantitative estimate of drug-likeness (QED) is 0.745. The third-order valence-corrected chi connectivity index (χ3v) is 2.70.